The zero-order chi connectivity index (χ0) is 17.4. The third-order valence-electron chi connectivity index (χ3n) is 3.00. The zero-order valence-electron chi connectivity index (χ0n) is 12.7. The Morgan fingerprint density at radius 2 is 2.00 bits per heavy atom. The minimum Gasteiger partial charge on any atom is -0.508 e. The van der Waals surface area contributed by atoms with E-state index in [1.54, 1.807) is 24.4 Å². The molecule has 1 heterocycles. The Balaban J connectivity index is 2.01. The summed E-state index contributed by atoms with van der Waals surface area (Å²) in [6.45, 7) is 0.225. The van der Waals surface area contributed by atoms with Crippen LogP contribution in [0.3, 0.4) is 0 Å². The minimum atomic E-state index is -0.508. The molecular weight excluding hydrogens is 306 g/mol. The van der Waals surface area contributed by atoms with E-state index in [1.807, 2.05) is 12.1 Å². The molecule has 0 saturated heterocycles. The van der Waals surface area contributed by atoms with Crippen molar-refractivity contribution in [1.29, 1.82) is 5.26 Å². The van der Waals surface area contributed by atoms with Crippen molar-refractivity contribution in [2.75, 3.05) is 0 Å². The number of aromatic nitrogens is 1. The van der Waals surface area contributed by atoms with Crippen molar-refractivity contribution < 1.29 is 15.0 Å². The van der Waals surface area contributed by atoms with E-state index in [0.29, 0.717) is 11.3 Å². The van der Waals surface area contributed by atoms with Gasteiger partial charge in [0.15, 0.2) is 0 Å². The molecule has 6 heteroatoms. The number of nitrogens with zero attached hydrogens (tertiary/aromatic N) is 2. The topological polar surface area (TPSA) is 106 Å². The first-order valence-corrected chi connectivity index (χ1v) is 7.08. The number of carbonyl (C=O) groups excluding carboxylic acids is 1. The molecular formula is C18H15N3O3. The largest absolute Gasteiger partial charge is 0.508 e. The maximum Gasteiger partial charge on any atom is 0.262 e. The SMILES string of the molecule is N#CC(=CC=Cc1cc(O)cc(O)c1)C(=O)NCc1ccccn1. The summed E-state index contributed by atoms with van der Waals surface area (Å²) in [4.78, 5) is 16.0. The summed E-state index contributed by atoms with van der Waals surface area (Å²) in [6.07, 6.45) is 6.03. The quantitative estimate of drug-likeness (QED) is 0.445. The van der Waals surface area contributed by atoms with Crippen LogP contribution < -0.4 is 5.32 Å². The Hall–Kier alpha value is -3.59. The Kier molecular flexibility index (Phi) is 5.70. The maximum atomic E-state index is 12.0. The van der Waals surface area contributed by atoms with Crippen LogP contribution in [-0.2, 0) is 11.3 Å². The van der Waals surface area contributed by atoms with Gasteiger partial charge < -0.3 is 15.5 Å². The van der Waals surface area contributed by atoms with Gasteiger partial charge in [-0.05, 0) is 35.9 Å². The van der Waals surface area contributed by atoms with Gasteiger partial charge in [0.1, 0.15) is 23.1 Å². The van der Waals surface area contributed by atoms with Crippen LogP contribution in [0.4, 0.5) is 0 Å². The fraction of sp³-hybridized carbons (Fsp3) is 0.0556. The summed E-state index contributed by atoms with van der Waals surface area (Å²) in [5.74, 6) is -0.661. The fourth-order valence-electron chi connectivity index (χ4n) is 1.90. The highest BCUT2D eigenvalue weighted by Gasteiger charge is 2.07. The average Bonchev–Trinajstić information content (AvgIpc) is 2.57. The lowest BCUT2D eigenvalue weighted by atomic mass is 10.1. The molecule has 0 radical (unpaired) electrons. The average molecular weight is 321 g/mol. The zero-order valence-corrected chi connectivity index (χ0v) is 12.7. The molecule has 0 spiro atoms. The van der Waals surface area contributed by atoms with Crippen molar-refractivity contribution in [1.82, 2.24) is 10.3 Å². The molecule has 24 heavy (non-hydrogen) atoms. The molecule has 3 N–H and O–H groups in total. The molecule has 0 saturated carbocycles. The summed E-state index contributed by atoms with van der Waals surface area (Å²) in [7, 11) is 0. The molecule has 0 unspecified atom stereocenters. The first kappa shape index (κ1) is 16.8. The van der Waals surface area contributed by atoms with Crippen LogP contribution in [0.1, 0.15) is 11.3 Å². The van der Waals surface area contributed by atoms with Gasteiger partial charge in [0.2, 0.25) is 0 Å². The Labute approximate surface area is 139 Å². The van der Waals surface area contributed by atoms with E-state index >= 15 is 0 Å². The van der Waals surface area contributed by atoms with Gasteiger partial charge in [0.05, 0.1) is 12.2 Å². The third-order valence-corrected chi connectivity index (χ3v) is 3.00. The van der Waals surface area contributed by atoms with Crippen molar-refractivity contribution in [3.05, 3.63) is 71.6 Å². The van der Waals surface area contributed by atoms with Crippen LogP contribution in [0, 0.1) is 11.3 Å². The first-order valence-electron chi connectivity index (χ1n) is 7.08. The van der Waals surface area contributed by atoms with E-state index in [2.05, 4.69) is 10.3 Å². The number of aromatic hydroxyl groups is 2. The standard InChI is InChI=1S/C18H15N3O3/c19-11-14(18(24)21-12-15-6-1-2-7-20-15)5-3-4-13-8-16(22)10-17(23)9-13/h1-10,22-23H,12H2,(H,21,24). The molecule has 1 aromatic heterocycles. The molecule has 2 aromatic rings. The van der Waals surface area contributed by atoms with Crippen LogP contribution in [0.5, 0.6) is 11.5 Å². The van der Waals surface area contributed by atoms with E-state index in [9.17, 15) is 15.0 Å². The number of hydrogen-bond acceptors (Lipinski definition) is 5. The molecule has 0 aliphatic heterocycles. The number of pyridine rings is 1. The molecule has 1 aromatic carbocycles. The highest BCUT2D eigenvalue weighted by atomic mass is 16.3. The number of allylic oxidation sites excluding steroid dienone is 2. The molecule has 0 atom stereocenters. The fourth-order valence-corrected chi connectivity index (χ4v) is 1.90. The lowest BCUT2D eigenvalue weighted by Gasteiger charge is -2.02. The summed E-state index contributed by atoms with van der Waals surface area (Å²) < 4.78 is 0. The summed E-state index contributed by atoms with van der Waals surface area (Å²) >= 11 is 0. The van der Waals surface area contributed by atoms with Crippen LogP contribution in [0.15, 0.2) is 60.3 Å². The number of rotatable bonds is 5. The second kappa shape index (κ2) is 8.15. The number of nitrogens with one attached hydrogen (secondary N) is 1. The van der Waals surface area contributed by atoms with Crippen LogP contribution in [0.2, 0.25) is 0 Å². The van der Waals surface area contributed by atoms with Crippen molar-refractivity contribution >= 4 is 12.0 Å². The molecule has 0 fully saturated rings. The van der Waals surface area contributed by atoms with Gasteiger partial charge in [-0.3, -0.25) is 9.78 Å². The predicted octanol–water partition coefficient (Wildman–Crippen LogP) is 2.27. The number of nitriles is 1. The molecule has 2 rings (SSSR count). The van der Waals surface area contributed by atoms with Gasteiger partial charge in [0.25, 0.3) is 5.91 Å². The van der Waals surface area contributed by atoms with Crippen LogP contribution >= 0.6 is 0 Å². The number of phenolic OH excluding ortho intramolecular Hbond substituents is 2. The van der Waals surface area contributed by atoms with E-state index in [-0.39, 0.29) is 23.6 Å². The number of hydrogen-bond donors (Lipinski definition) is 3. The van der Waals surface area contributed by atoms with Crippen LogP contribution in [0.25, 0.3) is 6.08 Å². The highest BCUT2D eigenvalue weighted by Crippen LogP contribution is 2.21. The Morgan fingerprint density at radius 1 is 1.25 bits per heavy atom. The second-order valence-electron chi connectivity index (χ2n) is 4.84. The Morgan fingerprint density at radius 3 is 2.62 bits per heavy atom. The molecule has 120 valence electrons. The molecule has 0 bridgehead atoms. The van der Waals surface area contributed by atoms with Gasteiger partial charge in [-0.15, -0.1) is 0 Å². The minimum absolute atomic E-state index is 0.0634. The lowest BCUT2D eigenvalue weighted by Crippen LogP contribution is -2.24. The van der Waals surface area contributed by atoms with Gasteiger partial charge >= 0.3 is 0 Å². The van der Waals surface area contributed by atoms with Gasteiger partial charge in [0, 0.05) is 12.3 Å². The predicted molar refractivity (Wildman–Crippen MR) is 88.6 cm³/mol. The van der Waals surface area contributed by atoms with E-state index in [4.69, 9.17) is 5.26 Å². The van der Waals surface area contributed by atoms with Crippen LogP contribution in [-0.4, -0.2) is 21.1 Å². The van der Waals surface area contributed by atoms with E-state index < -0.39 is 5.91 Å². The number of amides is 1. The number of carbonyl (C=O) groups is 1. The third kappa shape index (κ3) is 5.00. The Bertz CT molecular complexity index is 801. The van der Waals surface area contributed by atoms with Crippen molar-refractivity contribution in [2.45, 2.75) is 6.54 Å². The van der Waals surface area contributed by atoms with Crippen molar-refractivity contribution in [2.24, 2.45) is 0 Å². The number of benzene rings is 1. The van der Waals surface area contributed by atoms with Gasteiger partial charge in [-0.2, -0.15) is 5.26 Å². The van der Waals surface area contributed by atoms with Crippen molar-refractivity contribution in [3.8, 4) is 17.6 Å². The van der Waals surface area contributed by atoms with Gasteiger partial charge in [-0.25, -0.2) is 0 Å². The van der Waals surface area contributed by atoms with E-state index in [0.717, 1.165) is 0 Å². The van der Waals surface area contributed by atoms with Crippen molar-refractivity contribution in [3.63, 3.8) is 0 Å². The first-order chi connectivity index (χ1) is 11.6. The monoisotopic (exact) mass is 321 g/mol. The van der Waals surface area contributed by atoms with E-state index in [1.165, 1.54) is 30.4 Å². The summed E-state index contributed by atoms with van der Waals surface area (Å²) in [5, 5.41) is 30.4. The normalized spacial score (nSPS) is 11.2. The second-order valence-corrected chi connectivity index (χ2v) is 4.84. The molecule has 6 nitrogen and oxygen atoms in total. The molecule has 1 amide bonds. The highest BCUT2D eigenvalue weighted by molar-refractivity contribution is 5.97. The summed E-state index contributed by atoms with van der Waals surface area (Å²) in [5.41, 5.74) is 1.16. The molecule has 0 aliphatic rings. The molecule has 0 aliphatic carbocycles. The summed E-state index contributed by atoms with van der Waals surface area (Å²) in [6, 6.07) is 11.3. The maximum absolute atomic E-state index is 12.0. The lowest BCUT2D eigenvalue weighted by molar-refractivity contribution is -0.117. The number of phenols is 2. The smallest absolute Gasteiger partial charge is 0.262 e. The van der Waals surface area contributed by atoms with Gasteiger partial charge in [-0.1, -0.05) is 18.2 Å².